The summed E-state index contributed by atoms with van der Waals surface area (Å²) in [4.78, 5) is 16.1. The number of anilines is 2. The minimum absolute atomic E-state index is 0.280. The Morgan fingerprint density at radius 1 is 1.26 bits per heavy atom. The fourth-order valence-electron chi connectivity index (χ4n) is 2.59. The van der Waals surface area contributed by atoms with Crippen LogP contribution in [0.4, 0.5) is 16.2 Å². The molecule has 23 heavy (non-hydrogen) atoms. The molecule has 1 aliphatic heterocycles. The highest BCUT2D eigenvalue weighted by Gasteiger charge is 2.25. The van der Waals surface area contributed by atoms with Crippen LogP contribution in [0.5, 0.6) is 0 Å². The number of nitrogen functional groups attached to an aromatic ring is 1. The maximum absolute atomic E-state index is 12.2. The van der Waals surface area contributed by atoms with Gasteiger partial charge >= 0.3 is 6.09 Å². The van der Waals surface area contributed by atoms with Crippen LogP contribution in [-0.4, -0.2) is 42.8 Å². The van der Waals surface area contributed by atoms with E-state index in [0.717, 1.165) is 18.7 Å². The lowest BCUT2D eigenvalue weighted by Crippen LogP contribution is -2.39. The summed E-state index contributed by atoms with van der Waals surface area (Å²) >= 11 is 0. The predicted octanol–water partition coefficient (Wildman–Crippen LogP) is 2.59. The molecule has 2 rings (SSSR count). The first-order valence-corrected chi connectivity index (χ1v) is 7.82. The Hall–Kier alpha value is -2.42. The zero-order valence-corrected chi connectivity index (χ0v) is 14.0. The molecule has 0 spiro atoms. The van der Waals surface area contributed by atoms with Gasteiger partial charge < -0.3 is 20.3 Å². The fourth-order valence-corrected chi connectivity index (χ4v) is 2.59. The Kier molecular flexibility index (Phi) is 4.99. The number of hydrogen-bond acceptors (Lipinski definition) is 5. The molecule has 2 N–H and O–H groups in total. The number of nitrogens with zero attached hydrogens (tertiary/aromatic N) is 3. The molecule has 6 nitrogen and oxygen atoms in total. The van der Waals surface area contributed by atoms with Gasteiger partial charge in [-0.1, -0.05) is 0 Å². The third-order valence-corrected chi connectivity index (χ3v) is 3.63. The molecule has 0 radical (unpaired) electrons. The molecule has 0 aromatic heterocycles. The number of nitrogens with two attached hydrogens (primary N) is 1. The molecule has 0 atom stereocenters. The van der Waals surface area contributed by atoms with Gasteiger partial charge in [-0.05, 0) is 45.4 Å². The highest BCUT2D eigenvalue weighted by Crippen LogP contribution is 2.24. The summed E-state index contributed by atoms with van der Waals surface area (Å²) in [7, 11) is 0. The maximum Gasteiger partial charge on any atom is 0.410 e. The fraction of sp³-hybridized carbons (Fsp3) is 0.529. The third kappa shape index (κ3) is 4.52. The zero-order valence-electron chi connectivity index (χ0n) is 14.0. The van der Waals surface area contributed by atoms with Crippen molar-refractivity contribution in [3.05, 3.63) is 23.8 Å². The number of amides is 1. The van der Waals surface area contributed by atoms with Crippen LogP contribution in [0.1, 0.15) is 32.8 Å². The minimum atomic E-state index is -0.492. The molecule has 1 fully saturated rings. The van der Waals surface area contributed by atoms with Gasteiger partial charge in [-0.3, -0.25) is 0 Å². The van der Waals surface area contributed by atoms with E-state index in [4.69, 9.17) is 10.5 Å². The lowest BCUT2D eigenvalue weighted by atomic mass is 10.1. The standard InChI is InChI=1S/C17H24N4O2/c1-17(2,3)23-16(22)21-8-4-7-20(9-10-21)15-6-5-14(19)11-13(15)12-18/h5-6,11H,4,7-10,19H2,1-3H3. The van der Waals surface area contributed by atoms with Crippen LogP contribution >= 0.6 is 0 Å². The van der Waals surface area contributed by atoms with Crippen molar-refractivity contribution < 1.29 is 9.53 Å². The Bertz CT molecular complexity index is 616. The van der Waals surface area contributed by atoms with Crippen molar-refractivity contribution in [2.45, 2.75) is 32.8 Å². The molecule has 1 aliphatic rings. The number of nitriles is 1. The van der Waals surface area contributed by atoms with Crippen molar-refractivity contribution in [1.82, 2.24) is 4.90 Å². The Balaban J connectivity index is 2.07. The molecule has 1 heterocycles. The molecular formula is C17H24N4O2. The van der Waals surface area contributed by atoms with Gasteiger partial charge in [0.25, 0.3) is 0 Å². The van der Waals surface area contributed by atoms with Gasteiger partial charge in [-0.25, -0.2) is 4.79 Å². The third-order valence-electron chi connectivity index (χ3n) is 3.63. The van der Waals surface area contributed by atoms with Crippen molar-refractivity contribution in [2.24, 2.45) is 0 Å². The number of rotatable bonds is 1. The number of ether oxygens (including phenoxy) is 1. The number of carbonyl (C=O) groups is 1. The van der Waals surface area contributed by atoms with E-state index in [9.17, 15) is 10.1 Å². The van der Waals surface area contributed by atoms with Crippen LogP contribution in [0.3, 0.4) is 0 Å². The second-order valence-electron chi connectivity index (χ2n) is 6.70. The molecule has 1 aromatic carbocycles. The van der Waals surface area contributed by atoms with E-state index in [-0.39, 0.29) is 6.09 Å². The summed E-state index contributed by atoms with van der Waals surface area (Å²) in [5, 5.41) is 9.29. The highest BCUT2D eigenvalue weighted by atomic mass is 16.6. The van der Waals surface area contributed by atoms with Gasteiger partial charge in [0, 0.05) is 31.9 Å². The molecule has 0 unspecified atom stereocenters. The first-order chi connectivity index (χ1) is 10.8. The lowest BCUT2D eigenvalue weighted by molar-refractivity contribution is 0.0263. The van der Waals surface area contributed by atoms with Gasteiger partial charge in [0.15, 0.2) is 0 Å². The molecule has 1 saturated heterocycles. The molecule has 0 bridgehead atoms. The second kappa shape index (κ2) is 6.78. The number of hydrogen-bond donors (Lipinski definition) is 1. The van der Waals surface area contributed by atoms with E-state index in [0.29, 0.717) is 30.9 Å². The molecular weight excluding hydrogens is 292 g/mol. The molecule has 1 amide bonds. The van der Waals surface area contributed by atoms with Gasteiger partial charge in [0.2, 0.25) is 0 Å². The molecule has 6 heteroatoms. The van der Waals surface area contributed by atoms with Crippen molar-refractivity contribution in [2.75, 3.05) is 36.8 Å². The van der Waals surface area contributed by atoms with Crippen LogP contribution in [0.2, 0.25) is 0 Å². The van der Waals surface area contributed by atoms with Crippen LogP contribution in [0, 0.1) is 11.3 Å². The van der Waals surface area contributed by atoms with Crippen LogP contribution < -0.4 is 10.6 Å². The first kappa shape index (κ1) is 16.9. The molecule has 0 aliphatic carbocycles. The van der Waals surface area contributed by atoms with Gasteiger partial charge in [-0.15, -0.1) is 0 Å². The van der Waals surface area contributed by atoms with Crippen molar-refractivity contribution in [1.29, 1.82) is 5.26 Å². The lowest BCUT2D eigenvalue weighted by Gasteiger charge is -2.27. The van der Waals surface area contributed by atoms with E-state index >= 15 is 0 Å². The zero-order chi connectivity index (χ0) is 17.0. The Labute approximate surface area is 137 Å². The number of carbonyl (C=O) groups excluding carboxylic acids is 1. The summed E-state index contributed by atoms with van der Waals surface area (Å²) in [5.74, 6) is 0. The van der Waals surface area contributed by atoms with Crippen molar-refractivity contribution in [3.8, 4) is 6.07 Å². The first-order valence-electron chi connectivity index (χ1n) is 7.82. The summed E-state index contributed by atoms with van der Waals surface area (Å²) in [5.41, 5.74) is 7.27. The normalized spacial score (nSPS) is 15.7. The monoisotopic (exact) mass is 316 g/mol. The molecule has 124 valence electrons. The van der Waals surface area contributed by atoms with E-state index in [1.165, 1.54) is 0 Å². The quantitative estimate of drug-likeness (QED) is 0.805. The second-order valence-corrected chi connectivity index (χ2v) is 6.70. The van der Waals surface area contributed by atoms with Gasteiger partial charge in [0.05, 0.1) is 11.3 Å². The summed E-state index contributed by atoms with van der Waals surface area (Å²) < 4.78 is 5.43. The van der Waals surface area contributed by atoms with Crippen molar-refractivity contribution in [3.63, 3.8) is 0 Å². The summed E-state index contributed by atoms with van der Waals surface area (Å²) in [6.45, 7) is 8.27. The molecule has 0 saturated carbocycles. The van der Waals surface area contributed by atoms with E-state index in [1.807, 2.05) is 26.8 Å². The van der Waals surface area contributed by atoms with Crippen molar-refractivity contribution >= 4 is 17.5 Å². The Morgan fingerprint density at radius 3 is 2.65 bits per heavy atom. The predicted molar refractivity (Wildman–Crippen MR) is 90.2 cm³/mol. The van der Waals surface area contributed by atoms with Gasteiger partial charge in [-0.2, -0.15) is 5.26 Å². The average molecular weight is 316 g/mol. The smallest absolute Gasteiger partial charge is 0.410 e. The van der Waals surface area contributed by atoms with E-state index in [1.54, 1.807) is 17.0 Å². The summed E-state index contributed by atoms with van der Waals surface area (Å²) in [6.07, 6.45) is 0.547. The average Bonchev–Trinajstić information content (AvgIpc) is 2.71. The largest absolute Gasteiger partial charge is 0.444 e. The van der Waals surface area contributed by atoms with Gasteiger partial charge in [0.1, 0.15) is 11.7 Å². The number of benzene rings is 1. The SMILES string of the molecule is CC(C)(C)OC(=O)N1CCCN(c2ccc(N)cc2C#N)CC1. The minimum Gasteiger partial charge on any atom is -0.444 e. The maximum atomic E-state index is 12.2. The van der Waals surface area contributed by atoms with Crippen LogP contribution in [0.15, 0.2) is 18.2 Å². The van der Waals surface area contributed by atoms with E-state index < -0.39 is 5.60 Å². The van der Waals surface area contributed by atoms with Crippen LogP contribution in [-0.2, 0) is 4.74 Å². The highest BCUT2D eigenvalue weighted by molar-refractivity contribution is 5.69. The van der Waals surface area contributed by atoms with Crippen LogP contribution in [0.25, 0.3) is 0 Å². The summed E-state index contributed by atoms with van der Waals surface area (Å²) in [6, 6.07) is 7.55. The Morgan fingerprint density at radius 2 is 2.00 bits per heavy atom. The molecule has 1 aromatic rings. The topological polar surface area (TPSA) is 82.6 Å². The van der Waals surface area contributed by atoms with E-state index in [2.05, 4.69) is 11.0 Å².